The van der Waals surface area contributed by atoms with Crippen molar-refractivity contribution in [3.05, 3.63) is 107 Å². The highest BCUT2D eigenvalue weighted by Gasteiger charge is 2.08. The Kier molecular flexibility index (Phi) is 6.19. The van der Waals surface area contributed by atoms with E-state index in [9.17, 15) is 9.18 Å². The third-order valence-corrected chi connectivity index (χ3v) is 4.97. The lowest BCUT2D eigenvalue weighted by molar-refractivity contribution is 0.0951. The first-order valence-corrected chi connectivity index (χ1v) is 9.95. The summed E-state index contributed by atoms with van der Waals surface area (Å²) in [5.74, 6) is 0.0271. The second-order valence-electron chi connectivity index (χ2n) is 6.79. The number of benzene rings is 3. The van der Waals surface area contributed by atoms with Gasteiger partial charge in [0.15, 0.2) is 5.82 Å². The standard InChI is InChI=1S/C24H18ClFN4O/c25-21-7-2-1-4-18(21)15-27-24(31)16-8-10-20(11-9-16)28-23-13-12-22(29-30-23)17-5-3-6-19(26)14-17/h1-14H,15H2,(H,27,31)(H,28,30). The molecule has 0 saturated heterocycles. The van der Waals surface area contributed by atoms with Gasteiger partial charge in [-0.2, -0.15) is 0 Å². The number of hydrogen-bond acceptors (Lipinski definition) is 4. The molecule has 1 amide bonds. The van der Waals surface area contributed by atoms with Crippen molar-refractivity contribution in [3.8, 4) is 11.3 Å². The quantitative estimate of drug-likeness (QED) is 0.415. The maximum Gasteiger partial charge on any atom is 0.251 e. The third kappa shape index (κ3) is 5.24. The van der Waals surface area contributed by atoms with Gasteiger partial charge in [-0.3, -0.25) is 4.79 Å². The molecule has 4 aromatic rings. The van der Waals surface area contributed by atoms with Gasteiger partial charge in [0.05, 0.1) is 5.69 Å². The highest BCUT2D eigenvalue weighted by molar-refractivity contribution is 6.31. The molecule has 3 aromatic carbocycles. The van der Waals surface area contributed by atoms with E-state index in [1.165, 1.54) is 12.1 Å². The average Bonchev–Trinajstić information content (AvgIpc) is 2.79. The van der Waals surface area contributed by atoms with Gasteiger partial charge in [0.2, 0.25) is 0 Å². The Morgan fingerprint density at radius 3 is 2.42 bits per heavy atom. The first-order chi connectivity index (χ1) is 15.1. The number of halogens is 2. The monoisotopic (exact) mass is 432 g/mol. The van der Waals surface area contributed by atoms with Gasteiger partial charge >= 0.3 is 0 Å². The molecule has 0 unspecified atom stereocenters. The minimum Gasteiger partial charge on any atom is -0.348 e. The summed E-state index contributed by atoms with van der Waals surface area (Å²) in [6, 6.07) is 24.1. The van der Waals surface area contributed by atoms with E-state index in [0.717, 1.165) is 11.3 Å². The number of carbonyl (C=O) groups is 1. The summed E-state index contributed by atoms with van der Waals surface area (Å²) in [4.78, 5) is 12.4. The van der Waals surface area contributed by atoms with Gasteiger partial charge < -0.3 is 10.6 Å². The fourth-order valence-electron chi connectivity index (χ4n) is 2.97. The third-order valence-electron chi connectivity index (χ3n) is 4.60. The van der Waals surface area contributed by atoms with E-state index in [4.69, 9.17) is 11.6 Å². The molecular weight excluding hydrogens is 415 g/mol. The Morgan fingerprint density at radius 1 is 0.903 bits per heavy atom. The molecule has 154 valence electrons. The summed E-state index contributed by atoms with van der Waals surface area (Å²) in [6.45, 7) is 0.353. The summed E-state index contributed by atoms with van der Waals surface area (Å²) in [5, 5.41) is 14.9. The van der Waals surface area contributed by atoms with Crippen molar-refractivity contribution in [2.45, 2.75) is 6.54 Å². The Balaban J connectivity index is 1.37. The van der Waals surface area contributed by atoms with Gasteiger partial charge in [0.1, 0.15) is 5.82 Å². The number of rotatable bonds is 6. The molecule has 0 fully saturated rings. The van der Waals surface area contributed by atoms with Gasteiger partial charge in [-0.1, -0.05) is 41.9 Å². The van der Waals surface area contributed by atoms with Gasteiger partial charge in [-0.15, -0.1) is 10.2 Å². The van der Waals surface area contributed by atoms with Crippen LogP contribution in [0.25, 0.3) is 11.3 Å². The molecule has 4 rings (SSSR count). The lowest BCUT2D eigenvalue weighted by Gasteiger charge is -2.09. The predicted octanol–water partition coefficient (Wildman–Crippen LogP) is 5.61. The number of hydrogen-bond donors (Lipinski definition) is 2. The predicted molar refractivity (Wildman–Crippen MR) is 120 cm³/mol. The Bertz CT molecular complexity index is 1200. The lowest BCUT2D eigenvalue weighted by atomic mass is 10.1. The Morgan fingerprint density at radius 2 is 1.71 bits per heavy atom. The van der Waals surface area contributed by atoms with E-state index >= 15 is 0 Å². The molecule has 7 heteroatoms. The van der Waals surface area contributed by atoms with Crippen molar-refractivity contribution in [1.29, 1.82) is 0 Å². The molecule has 0 atom stereocenters. The largest absolute Gasteiger partial charge is 0.348 e. The van der Waals surface area contributed by atoms with Crippen LogP contribution in [0.2, 0.25) is 5.02 Å². The summed E-state index contributed by atoms with van der Waals surface area (Å²) >= 11 is 6.12. The molecular formula is C24H18ClFN4O. The molecule has 5 nitrogen and oxygen atoms in total. The van der Waals surface area contributed by atoms with Crippen LogP contribution < -0.4 is 10.6 Å². The number of amides is 1. The minimum absolute atomic E-state index is 0.189. The second-order valence-corrected chi connectivity index (χ2v) is 7.20. The van der Waals surface area contributed by atoms with Gasteiger partial charge in [-0.05, 0) is 60.2 Å². The van der Waals surface area contributed by atoms with E-state index in [0.29, 0.717) is 34.2 Å². The van der Waals surface area contributed by atoms with E-state index in [-0.39, 0.29) is 11.7 Å². The van der Waals surface area contributed by atoms with Crippen LogP contribution in [0.3, 0.4) is 0 Å². The average molecular weight is 433 g/mol. The molecule has 31 heavy (non-hydrogen) atoms. The molecule has 0 saturated carbocycles. The van der Waals surface area contributed by atoms with Crippen LogP contribution in [0.5, 0.6) is 0 Å². The summed E-state index contributed by atoms with van der Waals surface area (Å²) in [6.07, 6.45) is 0. The Hall–Kier alpha value is -3.77. The zero-order chi connectivity index (χ0) is 21.6. The molecule has 2 N–H and O–H groups in total. The molecule has 0 bridgehead atoms. The van der Waals surface area contributed by atoms with Crippen LogP contribution in [-0.4, -0.2) is 16.1 Å². The highest BCUT2D eigenvalue weighted by Crippen LogP contribution is 2.20. The van der Waals surface area contributed by atoms with Crippen LogP contribution >= 0.6 is 11.6 Å². The van der Waals surface area contributed by atoms with Crippen molar-refractivity contribution in [2.24, 2.45) is 0 Å². The number of nitrogens with zero attached hydrogens (tertiary/aromatic N) is 2. The number of anilines is 2. The lowest BCUT2D eigenvalue weighted by Crippen LogP contribution is -2.22. The molecule has 1 aromatic heterocycles. The maximum atomic E-state index is 13.4. The van der Waals surface area contributed by atoms with Crippen LogP contribution in [0.15, 0.2) is 84.9 Å². The second kappa shape index (κ2) is 9.36. The van der Waals surface area contributed by atoms with Crippen LogP contribution in [0.1, 0.15) is 15.9 Å². The van der Waals surface area contributed by atoms with Gasteiger partial charge in [-0.25, -0.2) is 4.39 Å². The minimum atomic E-state index is -0.322. The highest BCUT2D eigenvalue weighted by atomic mass is 35.5. The zero-order valence-electron chi connectivity index (χ0n) is 16.3. The fourth-order valence-corrected chi connectivity index (χ4v) is 3.18. The first-order valence-electron chi connectivity index (χ1n) is 9.57. The van der Waals surface area contributed by atoms with Crippen molar-refractivity contribution < 1.29 is 9.18 Å². The van der Waals surface area contributed by atoms with Crippen molar-refractivity contribution >= 4 is 29.0 Å². The molecule has 0 aliphatic carbocycles. The van der Waals surface area contributed by atoms with E-state index in [1.807, 2.05) is 18.2 Å². The van der Waals surface area contributed by atoms with Crippen LogP contribution in [-0.2, 0) is 6.54 Å². The summed E-state index contributed by atoms with van der Waals surface area (Å²) in [5.41, 5.74) is 3.39. The molecule has 0 spiro atoms. The molecule has 1 heterocycles. The topological polar surface area (TPSA) is 66.9 Å². The summed E-state index contributed by atoms with van der Waals surface area (Å²) in [7, 11) is 0. The zero-order valence-corrected chi connectivity index (χ0v) is 17.1. The van der Waals surface area contributed by atoms with Crippen LogP contribution in [0, 0.1) is 5.82 Å². The van der Waals surface area contributed by atoms with E-state index in [2.05, 4.69) is 20.8 Å². The van der Waals surface area contributed by atoms with Gasteiger partial charge in [0, 0.05) is 28.4 Å². The van der Waals surface area contributed by atoms with E-state index in [1.54, 1.807) is 54.6 Å². The molecule has 0 aliphatic heterocycles. The van der Waals surface area contributed by atoms with Crippen molar-refractivity contribution in [3.63, 3.8) is 0 Å². The number of aromatic nitrogens is 2. The maximum absolute atomic E-state index is 13.4. The fraction of sp³-hybridized carbons (Fsp3) is 0.0417. The van der Waals surface area contributed by atoms with Gasteiger partial charge in [0.25, 0.3) is 5.91 Å². The number of nitrogens with one attached hydrogen (secondary N) is 2. The number of carbonyl (C=O) groups excluding carboxylic acids is 1. The normalized spacial score (nSPS) is 10.5. The smallest absolute Gasteiger partial charge is 0.251 e. The summed E-state index contributed by atoms with van der Waals surface area (Å²) < 4.78 is 13.4. The van der Waals surface area contributed by atoms with Crippen molar-refractivity contribution in [2.75, 3.05) is 5.32 Å². The van der Waals surface area contributed by atoms with E-state index < -0.39 is 0 Å². The van der Waals surface area contributed by atoms with Crippen LogP contribution in [0.4, 0.5) is 15.9 Å². The molecule has 0 radical (unpaired) electrons. The first kappa shape index (κ1) is 20.5. The SMILES string of the molecule is O=C(NCc1ccccc1Cl)c1ccc(Nc2ccc(-c3cccc(F)c3)nn2)cc1. The Labute approximate surface area is 183 Å². The molecule has 0 aliphatic rings. The van der Waals surface area contributed by atoms with Crippen molar-refractivity contribution in [1.82, 2.24) is 15.5 Å².